The van der Waals surface area contributed by atoms with Crippen LogP contribution in [0.15, 0.2) is 6.33 Å². The summed E-state index contributed by atoms with van der Waals surface area (Å²) in [7, 11) is 0. The Kier molecular flexibility index (Phi) is 3.31. The number of hydrogen-bond donors (Lipinski definition) is 2. The van der Waals surface area contributed by atoms with Crippen LogP contribution in [0.4, 0.5) is 5.95 Å². The third kappa shape index (κ3) is 2.52. The van der Waals surface area contributed by atoms with Crippen molar-refractivity contribution in [1.82, 2.24) is 19.9 Å². The predicted octanol–water partition coefficient (Wildman–Crippen LogP) is 1.37. The quantitative estimate of drug-likeness (QED) is 0.811. The van der Waals surface area contributed by atoms with E-state index in [1.54, 1.807) is 0 Å². The molecule has 2 N–H and O–H groups in total. The molecular weight excluding hydrogens is 270 g/mol. The zero-order chi connectivity index (χ0) is 13.2. The van der Waals surface area contributed by atoms with Crippen LogP contribution in [0.5, 0.6) is 0 Å². The highest BCUT2D eigenvalue weighted by Crippen LogP contribution is 2.20. The number of carbonyl (C=O) groups is 1. The summed E-state index contributed by atoms with van der Waals surface area (Å²) in [6.07, 6.45) is 2.91. The summed E-state index contributed by atoms with van der Waals surface area (Å²) >= 11 is 5.98. The molecule has 0 aliphatic carbocycles. The molecule has 0 radical (unpaired) electrons. The first kappa shape index (κ1) is 12.3. The third-order valence-corrected chi connectivity index (χ3v) is 3.34. The second-order valence-electron chi connectivity index (χ2n) is 4.32. The fourth-order valence-corrected chi connectivity index (χ4v) is 2.24. The van der Waals surface area contributed by atoms with Crippen molar-refractivity contribution in [3.63, 3.8) is 0 Å². The summed E-state index contributed by atoms with van der Waals surface area (Å²) in [5.74, 6) is 0.0151. The van der Waals surface area contributed by atoms with Gasteiger partial charge < -0.3 is 9.72 Å². The van der Waals surface area contributed by atoms with Crippen molar-refractivity contribution in [3.8, 4) is 0 Å². The molecule has 1 saturated heterocycles. The van der Waals surface area contributed by atoms with Gasteiger partial charge in [-0.1, -0.05) is 11.6 Å². The first-order valence-electron chi connectivity index (χ1n) is 5.99. The van der Waals surface area contributed by atoms with Crippen LogP contribution in [0.1, 0.15) is 12.8 Å². The molecule has 1 aliphatic heterocycles. The number of amides is 1. The molecule has 3 heterocycles. The van der Waals surface area contributed by atoms with Gasteiger partial charge in [0.2, 0.25) is 11.9 Å². The van der Waals surface area contributed by atoms with Crippen molar-refractivity contribution >= 4 is 34.6 Å². The van der Waals surface area contributed by atoms with Crippen LogP contribution in [0.2, 0.25) is 5.15 Å². The lowest BCUT2D eigenvalue weighted by Crippen LogP contribution is -2.29. The van der Waals surface area contributed by atoms with Crippen molar-refractivity contribution in [2.24, 2.45) is 5.92 Å². The number of rotatable bonds is 2. The second kappa shape index (κ2) is 5.10. The molecule has 2 aromatic heterocycles. The lowest BCUT2D eigenvalue weighted by atomic mass is 10.00. The van der Waals surface area contributed by atoms with Crippen LogP contribution in [-0.2, 0) is 9.53 Å². The minimum absolute atomic E-state index is 0.0639. The van der Waals surface area contributed by atoms with Gasteiger partial charge in [-0.2, -0.15) is 9.97 Å². The molecule has 1 fully saturated rings. The average molecular weight is 282 g/mol. The molecule has 3 rings (SSSR count). The van der Waals surface area contributed by atoms with Gasteiger partial charge in [0.05, 0.1) is 6.33 Å². The van der Waals surface area contributed by atoms with Gasteiger partial charge >= 0.3 is 0 Å². The Morgan fingerprint density at radius 1 is 1.42 bits per heavy atom. The highest BCUT2D eigenvalue weighted by Gasteiger charge is 2.22. The SMILES string of the molecule is O=C(Nc1nc(Cl)c2[nH]cnc2n1)C1CCOCC1. The normalized spacial score (nSPS) is 16.7. The van der Waals surface area contributed by atoms with E-state index in [2.05, 4.69) is 25.3 Å². The number of ether oxygens (including phenoxy) is 1. The number of aromatic amines is 1. The summed E-state index contributed by atoms with van der Waals surface area (Å²) < 4.78 is 5.22. The van der Waals surface area contributed by atoms with Gasteiger partial charge in [0.15, 0.2) is 10.8 Å². The summed E-state index contributed by atoms with van der Waals surface area (Å²) in [5.41, 5.74) is 0.994. The number of nitrogens with zero attached hydrogens (tertiary/aromatic N) is 3. The minimum atomic E-state index is -0.103. The molecule has 19 heavy (non-hydrogen) atoms. The van der Waals surface area contributed by atoms with E-state index in [4.69, 9.17) is 16.3 Å². The molecule has 0 spiro atoms. The molecular formula is C11H12ClN5O2. The van der Waals surface area contributed by atoms with E-state index in [1.807, 2.05) is 0 Å². The van der Waals surface area contributed by atoms with Crippen molar-refractivity contribution in [3.05, 3.63) is 11.5 Å². The summed E-state index contributed by atoms with van der Waals surface area (Å²) in [6, 6.07) is 0. The number of imidazole rings is 1. The maximum atomic E-state index is 12.0. The van der Waals surface area contributed by atoms with Crippen LogP contribution in [-0.4, -0.2) is 39.1 Å². The van der Waals surface area contributed by atoms with E-state index >= 15 is 0 Å². The molecule has 0 aromatic carbocycles. The summed E-state index contributed by atoms with van der Waals surface area (Å²) in [5, 5.41) is 2.92. The van der Waals surface area contributed by atoms with E-state index < -0.39 is 0 Å². The largest absolute Gasteiger partial charge is 0.381 e. The Morgan fingerprint density at radius 3 is 3.00 bits per heavy atom. The number of carbonyl (C=O) groups excluding carboxylic acids is 1. The highest BCUT2D eigenvalue weighted by molar-refractivity contribution is 6.33. The van der Waals surface area contributed by atoms with E-state index in [0.717, 1.165) is 0 Å². The molecule has 2 aromatic rings. The van der Waals surface area contributed by atoms with Gasteiger partial charge in [-0.05, 0) is 12.8 Å². The standard InChI is InChI=1S/C11H12ClN5O2/c12-8-7-9(14-5-13-7)16-11(15-8)17-10(18)6-1-3-19-4-2-6/h5-6H,1-4H2,(H2,13,14,15,16,17,18). The van der Waals surface area contributed by atoms with Gasteiger partial charge in [-0.25, -0.2) is 4.98 Å². The maximum Gasteiger partial charge on any atom is 0.233 e. The van der Waals surface area contributed by atoms with Gasteiger partial charge in [0.1, 0.15) is 5.52 Å². The Labute approximate surface area is 113 Å². The zero-order valence-electron chi connectivity index (χ0n) is 10.0. The Hall–Kier alpha value is -1.73. The average Bonchev–Trinajstić information content (AvgIpc) is 2.88. The number of H-pyrrole nitrogens is 1. The predicted molar refractivity (Wildman–Crippen MR) is 68.9 cm³/mol. The van der Waals surface area contributed by atoms with Crippen LogP contribution < -0.4 is 5.32 Å². The number of halogens is 1. The third-order valence-electron chi connectivity index (χ3n) is 3.07. The fraction of sp³-hybridized carbons (Fsp3) is 0.455. The Bertz CT molecular complexity index is 608. The smallest absolute Gasteiger partial charge is 0.233 e. The Balaban J connectivity index is 1.78. The van der Waals surface area contributed by atoms with Crippen LogP contribution in [0.3, 0.4) is 0 Å². The van der Waals surface area contributed by atoms with Crippen molar-refractivity contribution in [1.29, 1.82) is 0 Å². The fourth-order valence-electron chi connectivity index (χ4n) is 2.03. The molecule has 0 bridgehead atoms. The molecule has 7 nitrogen and oxygen atoms in total. The maximum absolute atomic E-state index is 12.0. The lowest BCUT2D eigenvalue weighted by Gasteiger charge is -2.20. The summed E-state index contributed by atoms with van der Waals surface area (Å²) in [6.45, 7) is 1.22. The second-order valence-corrected chi connectivity index (χ2v) is 4.67. The van der Waals surface area contributed by atoms with Crippen molar-refractivity contribution < 1.29 is 9.53 Å². The van der Waals surface area contributed by atoms with Crippen LogP contribution >= 0.6 is 11.6 Å². The molecule has 100 valence electrons. The van der Waals surface area contributed by atoms with Gasteiger partial charge in [0.25, 0.3) is 0 Å². The molecule has 0 atom stereocenters. The number of nitrogens with one attached hydrogen (secondary N) is 2. The van der Waals surface area contributed by atoms with E-state index in [1.165, 1.54) is 6.33 Å². The molecule has 0 saturated carbocycles. The van der Waals surface area contributed by atoms with Gasteiger partial charge in [-0.3, -0.25) is 10.1 Å². The number of aromatic nitrogens is 4. The zero-order valence-corrected chi connectivity index (χ0v) is 10.8. The lowest BCUT2D eigenvalue weighted by molar-refractivity contribution is -0.122. The topological polar surface area (TPSA) is 92.8 Å². The van der Waals surface area contributed by atoms with E-state index in [-0.39, 0.29) is 22.9 Å². The molecule has 1 amide bonds. The number of fused-ring (bicyclic) bond motifs is 1. The Morgan fingerprint density at radius 2 is 2.21 bits per heavy atom. The first-order valence-corrected chi connectivity index (χ1v) is 6.37. The van der Waals surface area contributed by atoms with Crippen molar-refractivity contribution in [2.45, 2.75) is 12.8 Å². The van der Waals surface area contributed by atoms with Crippen LogP contribution in [0, 0.1) is 5.92 Å². The number of hydrogen-bond acceptors (Lipinski definition) is 5. The molecule has 0 unspecified atom stereocenters. The highest BCUT2D eigenvalue weighted by atomic mass is 35.5. The number of anilines is 1. The summed E-state index contributed by atoms with van der Waals surface area (Å²) in [4.78, 5) is 27.0. The van der Waals surface area contributed by atoms with Gasteiger partial charge in [-0.15, -0.1) is 0 Å². The van der Waals surface area contributed by atoms with E-state index in [0.29, 0.717) is 37.2 Å². The van der Waals surface area contributed by atoms with Crippen molar-refractivity contribution in [2.75, 3.05) is 18.5 Å². The molecule has 8 heteroatoms. The van der Waals surface area contributed by atoms with Crippen LogP contribution in [0.25, 0.3) is 11.2 Å². The first-order chi connectivity index (χ1) is 9.24. The molecule has 1 aliphatic rings. The van der Waals surface area contributed by atoms with E-state index in [9.17, 15) is 4.79 Å². The minimum Gasteiger partial charge on any atom is -0.381 e. The monoisotopic (exact) mass is 281 g/mol. The van der Waals surface area contributed by atoms with Gasteiger partial charge in [0, 0.05) is 19.1 Å².